The van der Waals surface area contributed by atoms with Crippen LogP contribution in [0.25, 0.3) is 17.7 Å². The van der Waals surface area contributed by atoms with Crippen LogP contribution in [0.4, 0.5) is 0 Å². The second-order valence-electron chi connectivity index (χ2n) is 9.15. The van der Waals surface area contributed by atoms with Crippen molar-refractivity contribution < 1.29 is 18.7 Å². The fraction of sp³-hybridized carbons (Fsp3) is 0.435. The zero-order valence-corrected chi connectivity index (χ0v) is 18.3. The van der Waals surface area contributed by atoms with E-state index in [2.05, 4.69) is 52.1 Å². The third-order valence-corrected chi connectivity index (χ3v) is 10.5. The Morgan fingerprint density at radius 3 is 2.71 bits per heavy atom. The Kier molecular flexibility index (Phi) is 4.53. The number of hydrogen-bond acceptors (Lipinski definition) is 4. The molecule has 1 aromatic rings. The molecule has 5 heteroatoms. The van der Waals surface area contributed by atoms with E-state index < -0.39 is 8.32 Å². The van der Waals surface area contributed by atoms with Crippen molar-refractivity contribution in [2.45, 2.75) is 51.7 Å². The molecule has 0 radical (unpaired) electrons. The number of carbonyl (C=O) groups excluding carboxylic acids is 1. The Balaban J connectivity index is 2.02. The number of esters is 1. The van der Waals surface area contributed by atoms with Gasteiger partial charge in [0.05, 0.1) is 13.0 Å². The van der Waals surface area contributed by atoms with E-state index in [1.807, 2.05) is 12.2 Å². The Morgan fingerprint density at radius 1 is 1.18 bits per heavy atom. The zero-order valence-electron chi connectivity index (χ0n) is 17.3. The molecule has 1 aliphatic carbocycles. The van der Waals surface area contributed by atoms with Gasteiger partial charge in [0.2, 0.25) is 0 Å². The van der Waals surface area contributed by atoms with Crippen LogP contribution in [0, 0.1) is 0 Å². The topological polar surface area (TPSA) is 44.8 Å². The van der Waals surface area contributed by atoms with Crippen LogP contribution in [0.15, 0.2) is 23.8 Å². The molecule has 0 N–H and O–H groups in total. The molecule has 4 rings (SSSR count). The second-order valence-corrected chi connectivity index (χ2v) is 13.9. The maximum atomic E-state index is 11.9. The highest BCUT2D eigenvalue weighted by molar-refractivity contribution is 6.74. The fourth-order valence-corrected chi connectivity index (χ4v) is 4.58. The van der Waals surface area contributed by atoms with Crippen LogP contribution in [0.1, 0.15) is 39.2 Å². The van der Waals surface area contributed by atoms with Crippen LogP contribution in [0.2, 0.25) is 18.1 Å². The molecule has 0 spiro atoms. The minimum atomic E-state index is -2.06. The molecule has 2 heterocycles. The molecule has 3 aliphatic rings. The molecule has 0 aromatic heterocycles. The van der Waals surface area contributed by atoms with E-state index in [9.17, 15) is 4.79 Å². The van der Waals surface area contributed by atoms with Crippen LogP contribution in [0.5, 0.6) is 11.5 Å². The van der Waals surface area contributed by atoms with Gasteiger partial charge in [0.25, 0.3) is 8.32 Å². The summed E-state index contributed by atoms with van der Waals surface area (Å²) in [5.74, 6) is 1.60. The van der Waals surface area contributed by atoms with E-state index in [1.165, 1.54) is 0 Å². The van der Waals surface area contributed by atoms with Gasteiger partial charge >= 0.3 is 5.97 Å². The van der Waals surface area contributed by atoms with Crippen molar-refractivity contribution in [3.63, 3.8) is 0 Å². The molecule has 0 atom stereocenters. The summed E-state index contributed by atoms with van der Waals surface area (Å²) in [6, 6.07) is 2.12. The molecular formula is C23H28O4Si. The lowest BCUT2D eigenvalue weighted by Gasteiger charge is -2.37. The number of carbonyl (C=O) groups is 1. The normalized spacial score (nSPS) is 18.5. The molecule has 0 amide bonds. The summed E-state index contributed by atoms with van der Waals surface area (Å²) in [5, 5.41) is 2.19. The fourth-order valence-electron chi connectivity index (χ4n) is 3.56. The highest BCUT2D eigenvalue weighted by atomic mass is 28.4. The lowest BCUT2D eigenvalue weighted by Crippen LogP contribution is -2.45. The van der Waals surface area contributed by atoms with Crippen molar-refractivity contribution in [1.82, 2.24) is 0 Å². The summed E-state index contributed by atoms with van der Waals surface area (Å²) >= 11 is 0. The van der Waals surface area contributed by atoms with Crippen LogP contribution in [-0.4, -0.2) is 27.5 Å². The van der Waals surface area contributed by atoms with Gasteiger partial charge in [0, 0.05) is 28.0 Å². The number of cyclic esters (lactones) is 1. The van der Waals surface area contributed by atoms with Gasteiger partial charge in [-0.1, -0.05) is 45.1 Å². The summed E-state index contributed by atoms with van der Waals surface area (Å²) < 4.78 is 18.3. The van der Waals surface area contributed by atoms with Crippen LogP contribution < -0.4 is 19.6 Å². The number of rotatable bonds is 2. The van der Waals surface area contributed by atoms with E-state index in [1.54, 1.807) is 0 Å². The Morgan fingerprint density at radius 2 is 1.96 bits per heavy atom. The number of allylic oxidation sites excluding steroid dienone is 2. The Bertz CT molecular complexity index is 1020. The molecule has 2 aliphatic heterocycles. The van der Waals surface area contributed by atoms with Crippen LogP contribution in [0.3, 0.4) is 0 Å². The SMILES string of the molecule is CC(C)(C)[Si](C)(C)Oc1cc2c(c3c1=C1COC(=O)CC1=CC=C3)OCCC=2. The summed E-state index contributed by atoms with van der Waals surface area (Å²) in [5.41, 5.74) is 3.07. The van der Waals surface area contributed by atoms with E-state index in [0.717, 1.165) is 45.1 Å². The number of hydrogen-bond donors (Lipinski definition) is 0. The van der Waals surface area contributed by atoms with E-state index in [4.69, 9.17) is 13.9 Å². The highest BCUT2D eigenvalue weighted by Gasteiger charge is 2.39. The molecule has 148 valence electrons. The maximum absolute atomic E-state index is 11.9. The predicted molar refractivity (Wildman–Crippen MR) is 114 cm³/mol. The summed E-state index contributed by atoms with van der Waals surface area (Å²) in [6.45, 7) is 12.2. The van der Waals surface area contributed by atoms with Gasteiger partial charge in [-0.15, -0.1) is 0 Å². The van der Waals surface area contributed by atoms with Crippen molar-refractivity contribution in [3.05, 3.63) is 39.8 Å². The van der Waals surface area contributed by atoms with E-state index >= 15 is 0 Å². The smallest absolute Gasteiger partial charge is 0.310 e. The van der Waals surface area contributed by atoms with Gasteiger partial charge in [0.15, 0.2) is 0 Å². The quantitative estimate of drug-likeness (QED) is 0.565. The van der Waals surface area contributed by atoms with Crippen molar-refractivity contribution >= 4 is 32.0 Å². The van der Waals surface area contributed by atoms with Crippen molar-refractivity contribution in [2.75, 3.05) is 13.2 Å². The minimum absolute atomic E-state index is 0.0823. The van der Waals surface area contributed by atoms with Gasteiger partial charge in [-0.2, -0.15) is 0 Å². The number of benzene rings is 1. The molecule has 0 unspecified atom stereocenters. The van der Waals surface area contributed by atoms with Crippen LogP contribution >= 0.6 is 0 Å². The average molecular weight is 397 g/mol. The second kappa shape index (κ2) is 6.66. The molecule has 0 saturated carbocycles. The van der Waals surface area contributed by atoms with Crippen molar-refractivity contribution in [3.8, 4) is 11.5 Å². The zero-order chi connectivity index (χ0) is 20.1. The summed E-state index contributed by atoms with van der Waals surface area (Å²) in [6.07, 6.45) is 9.51. The highest BCUT2D eigenvalue weighted by Crippen LogP contribution is 2.37. The first kappa shape index (κ1) is 19.1. The third kappa shape index (κ3) is 3.22. The predicted octanol–water partition coefficient (Wildman–Crippen LogP) is 3.68. The molecule has 28 heavy (non-hydrogen) atoms. The van der Waals surface area contributed by atoms with E-state index in [0.29, 0.717) is 13.0 Å². The van der Waals surface area contributed by atoms with Gasteiger partial charge in [0.1, 0.15) is 18.1 Å². The molecule has 1 aromatic carbocycles. The van der Waals surface area contributed by atoms with Crippen molar-refractivity contribution in [1.29, 1.82) is 0 Å². The molecule has 1 saturated heterocycles. The van der Waals surface area contributed by atoms with Crippen molar-refractivity contribution in [2.24, 2.45) is 0 Å². The monoisotopic (exact) mass is 396 g/mol. The lowest BCUT2D eigenvalue weighted by atomic mass is 9.96. The summed E-state index contributed by atoms with van der Waals surface area (Å²) in [4.78, 5) is 11.9. The van der Waals surface area contributed by atoms with Gasteiger partial charge in [-0.25, -0.2) is 0 Å². The molecule has 1 fully saturated rings. The first-order chi connectivity index (χ1) is 13.2. The maximum Gasteiger partial charge on any atom is 0.310 e. The Labute approximate surface area is 167 Å². The van der Waals surface area contributed by atoms with E-state index in [-0.39, 0.29) is 17.6 Å². The summed E-state index contributed by atoms with van der Waals surface area (Å²) in [7, 11) is -2.06. The van der Waals surface area contributed by atoms with Gasteiger partial charge < -0.3 is 13.9 Å². The molecule has 0 bridgehead atoms. The molecule has 4 nitrogen and oxygen atoms in total. The van der Waals surface area contributed by atoms with Gasteiger partial charge in [-0.05, 0) is 29.8 Å². The standard InChI is InChI=1S/C23H28O4Si/c1-23(2,3)28(4,5)27-19-12-16-9-7-11-25-22(16)17-10-6-8-15-13-20(24)26-14-18(15)21(17)19/h6,8-10,12H,7,11,13-14H2,1-5H3. The Hall–Kier alpha value is -2.27. The lowest BCUT2D eigenvalue weighted by molar-refractivity contribution is -0.142. The van der Waals surface area contributed by atoms with Crippen LogP contribution in [-0.2, 0) is 9.53 Å². The first-order valence-corrected chi connectivity index (χ1v) is 12.8. The minimum Gasteiger partial charge on any atom is -0.543 e. The number of fused-ring (bicyclic) bond motifs is 4. The largest absolute Gasteiger partial charge is 0.543 e. The third-order valence-electron chi connectivity index (χ3n) is 6.17. The number of ether oxygens (including phenoxy) is 2. The average Bonchev–Trinajstić information content (AvgIpc) is 2.80. The van der Waals surface area contributed by atoms with Gasteiger partial charge in [-0.3, -0.25) is 4.79 Å². The molecular weight excluding hydrogens is 368 g/mol. The first-order valence-electron chi connectivity index (χ1n) is 9.93.